The second kappa shape index (κ2) is 9.50. The molecule has 5 rings (SSSR count). The number of hydrogen-bond donors (Lipinski definition) is 1. The number of fused-ring (bicyclic) bond motifs is 1. The van der Waals surface area contributed by atoms with Gasteiger partial charge in [-0.2, -0.15) is 0 Å². The summed E-state index contributed by atoms with van der Waals surface area (Å²) in [6.45, 7) is 7.72. The fourth-order valence-electron chi connectivity index (χ4n) is 5.38. The number of benzene rings is 2. The minimum atomic E-state index is -0.352. The van der Waals surface area contributed by atoms with Crippen LogP contribution >= 0.6 is 0 Å². The first-order valence-electron chi connectivity index (χ1n) is 12.2. The number of hydrogen-bond acceptors (Lipinski definition) is 5. The molecule has 1 aliphatic rings. The number of nitrogens with one attached hydrogen (secondary N) is 1. The van der Waals surface area contributed by atoms with Crippen LogP contribution in [0.5, 0.6) is 0 Å². The van der Waals surface area contributed by atoms with E-state index in [4.69, 9.17) is 0 Å². The predicted octanol–water partition coefficient (Wildman–Crippen LogP) is 4.86. The highest BCUT2D eigenvalue weighted by molar-refractivity contribution is 5.83. The fraction of sp³-hybridized carbons (Fsp3) is 0.407. The third-order valence-corrected chi connectivity index (χ3v) is 7.07. The summed E-state index contributed by atoms with van der Waals surface area (Å²) >= 11 is 0. The lowest BCUT2D eigenvalue weighted by atomic mass is 9.99. The monoisotopic (exact) mass is 456 g/mol. The summed E-state index contributed by atoms with van der Waals surface area (Å²) in [4.78, 5) is 19.0. The third-order valence-electron chi connectivity index (χ3n) is 7.07. The Kier molecular flexibility index (Phi) is 6.28. The van der Waals surface area contributed by atoms with Gasteiger partial charge in [-0.05, 0) is 72.5 Å². The molecule has 1 N–H and O–H groups in total. The molecule has 176 valence electrons. The predicted molar refractivity (Wildman–Crippen MR) is 134 cm³/mol. The lowest BCUT2D eigenvalue weighted by Crippen LogP contribution is -2.35. The molecule has 2 heterocycles. The molecule has 0 spiro atoms. The number of rotatable bonds is 7. The molecule has 7 heteroatoms. The molecular formula is C27H32N6O. The first kappa shape index (κ1) is 22.5. The minimum Gasteiger partial charge on any atom is -0.322 e. The summed E-state index contributed by atoms with van der Waals surface area (Å²) in [5, 5.41) is 14.1. The number of aryl methyl sites for hydroxylation is 2. The van der Waals surface area contributed by atoms with Crippen molar-refractivity contribution < 1.29 is 0 Å². The maximum absolute atomic E-state index is 13.5. The smallest absolute Gasteiger partial charge is 0.253 e. The molecule has 0 aliphatic heterocycles. The second-order valence-electron chi connectivity index (χ2n) is 9.47. The highest BCUT2D eigenvalue weighted by Gasteiger charge is 2.32. The Balaban J connectivity index is 1.68. The van der Waals surface area contributed by atoms with Gasteiger partial charge in [-0.1, -0.05) is 56.2 Å². The van der Waals surface area contributed by atoms with E-state index in [0.717, 1.165) is 47.2 Å². The fourth-order valence-corrected chi connectivity index (χ4v) is 5.38. The summed E-state index contributed by atoms with van der Waals surface area (Å²) in [6, 6.07) is 16.5. The molecule has 34 heavy (non-hydrogen) atoms. The lowest BCUT2D eigenvalue weighted by Gasteiger charge is -2.30. The van der Waals surface area contributed by atoms with Crippen molar-refractivity contribution >= 4 is 10.9 Å². The van der Waals surface area contributed by atoms with Crippen molar-refractivity contribution in [3.8, 4) is 0 Å². The van der Waals surface area contributed by atoms with Gasteiger partial charge in [-0.3, -0.25) is 9.69 Å². The molecule has 0 radical (unpaired) electrons. The van der Waals surface area contributed by atoms with Gasteiger partial charge >= 0.3 is 0 Å². The number of aromatic amines is 1. The zero-order valence-corrected chi connectivity index (χ0v) is 20.2. The maximum Gasteiger partial charge on any atom is 0.253 e. The average Bonchev–Trinajstić information content (AvgIpc) is 3.52. The highest BCUT2D eigenvalue weighted by atomic mass is 16.1. The van der Waals surface area contributed by atoms with Crippen molar-refractivity contribution in [3.05, 3.63) is 87.0 Å². The van der Waals surface area contributed by atoms with Crippen LogP contribution in [0.4, 0.5) is 0 Å². The van der Waals surface area contributed by atoms with Crippen LogP contribution in [0, 0.1) is 13.8 Å². The van der Waals surface area contributed by atoms with Crippen LogP contribution in [0.2, 0.25) is 0 Å². The van der Waals surface area contributed by atoms with Crippen molar-refractivity contribution in [2.45, 2.75) is 65.1 Å². The average molecular weight is 457 g/mol. The van der Waals surface area contributed by atoms with Crippen LogP contribution < -0.4 is 5.56 Å². The minimum absolute atomic E-state index is 0.0880. The summed E-state index contributed by atoms with van der Waals surface area (Å²) in [7, 11) is 0. The van der Waals surface area contributed by atoms with Gasteiger partial charge in [0.15, 0.2) is 5.82 Å². The third kappa shape index (κ3) is 4.28. The second-order valence-corrected chi connectivity index (χ2v) is 9.47. The number of pyridine rings is 1. The molecule has 1 fully saturated rings. The summed E-state index contributed by atoms with van der Waals surface area (Å²) in [5.74, 6) is 0.749. The lowest BCUT2D eigenvalue weighted by molar-refractivity contribution is 0.210. The van der Waals surface area contributed by atoms with Crippen LogP contribution in [0.15, 0.2) is 53.3 Å². The van der Waals surface area contributed by atoms with E-state index < -0.39 is 0 Å². The Bertz CT molecular complexity index is 1340. The van der Waals surface area contributed by atoms with Crippen molar-refractivity contribution in [2.24, 2.45) is 0 Å². The van der Waals surface area contributed by atoms with E-state index in [2.05, 4.69) is 82.6 Å². The maximum atomic E-state index is 13.5. The molecule has 4 aromatic rings. The van der Waals surface area contributed by atoms with Crippen LogP contribution in [-0.2, 0) is 6.54 Å². The largest absolute Gasteiger partial charge is 0.322 e. The highest BCUT2D eigenvalue weighted by Crippen LogP contribution is 2.34. The van der Waals surface area contributed by atoms with E-state index in [9.17, 15) is 4.79 Å². The van der Waals surface area contributed by atoms with Gasteiger partial charge in [0, 0.05) is 23.0 Å². The van der Waals surface area contributed by atoms with Gasteiger partial charge < -0.3 is 4.98 Å². The Morgan fingerprint density at radius 1 is 1.12 bits per heavy atom. The van der Waals surface area contributed by atoms with E-state index in [-0.39, 0.29) is 17.6 Å². The molecule has 7 nitrogen and oxygen atoms in total. The molecule has 1 saturated carbocycles. The van der Waals surface area contributed by atoms with Crippen LogP contribution in [0.3, 0.4) is 0 Å². The summed E-state index contributed by atoms with van der Waals surface area (Å²) in [5.41, 5.74) is 4.94. The summed E-state index contributed by atoms with van der Waals surface area (Å²) < 4.78 is 1.98. The van der Waals surface area contributed by atoms with E-state index in [1.54, 1.807) is 0 Å². The molecular weight excluding hydrogens is 424 g/mol. The molecule has 0 unspecified atom stereocenters. The molecule has 2 aromatic heterocycles. The first-order chi connectivity index (χ1) is 16.5. The standard InChI is InChI=1S/C27H32N6O/c1-4-32(17-20-10-6-5-7-11-20)25(26-29-30-31-33(26)21-12-8-9-13-21)23-16-22-19(3)14-18(2)15-24(22)28-27(23)34/h5-7,10-11,14-16,21,25H,4,8-9,12-13,17H2,1-3H3,(H,28,34)/t25-/m1/s1. The van der Waals surface area contributed by atoms with E-state index in [1.807, 2.05) is 16.8 Å². The Morgan fingerprint density at radius 2 is 1.88 bits per heavy atom. The van der Waals surface area contributed by atoms with Crippen molar-refractivity contribution in [1.29, 1.82) is 0 Å². The number of tetrazole rings is 1. The number of H-pyrrole nitrogens is 1. The Hall–Kier alpha value is -3.32. The normalized spacial score (nSPS) is 15.4. The molecule has 1 aliphatic carbocycles. The van der Waals surface area contributed by atoms with Gasteiger partial charge in [-0.15, -0.1) is 5.10 Å². The van der Waals surface area contributed by atoms with Crippen molar-refractivity contribution in [1.82, 2.24) is 30.1 Å². The molecule has 0 bridgehead atoms. The van der Waals surface area contributed by atoms with Crippen molar-refractivity contribution in [3.63, 3.8) is 0 Å². The summed E-state index contributed by atoms with van der Waals surface area (Å²) in [6.07, 6.45) is 4.51. The SMILES string of the molecule is CCN(Cc1ccccc1)[C@H](c1cc2c(C)cc(C)cc2[nH]c1=O)c1nnnn1C1CCCC1. The van der Waals surface area contributed by atoms with Gasteiger partial charge in [0.05, 0.1) is 6.04 Å². The van der Waals surface area contributed by atoms with E-state index in [0.29, 0.717) is 12.1 Å². The quantitative estimate of drug-likeness (QED) is 0.430. The number of nitrogens with zero attached hydrogens (tertiary/aromatic N) is 5. The topological polar surface area (TPSA) is 79.7 Å². The molecule has 1 atom stereocenters. The first-order valence-corrected chi connectivity index (χ1v) is 12.2. The molecule has 0 saturated heterocycles. The van der Waals surface area contributed by atoms with Crippen molar-refractivity contribution in [2.75, 3.05) is 6.54 Å². The molecule has 0 amide bonds. The zero-order valence-electron chi connectivity index (χ0n) is 20.2. The van der Waals surface area contributed by atoms with E-state index in [1.165, 1.54) is 18.4 Å². The van der Waals surface area contributed by atoms with Gasteiger partial charge in [0.25, 0.3) is 5.56 Å². The van der Waals surface area contributed by atoms with Gasteiger partial charge in [0.2, 0.25) is 0 Å². The van der Waals surface area contributed by atoms with Gasteiger partial charge in [-0.25, -0.2) is 4.68 Å². The van der Waals surface area contributed by atoms with Crippen LogP contribution in [0.25, 0.3) is 10.9 Å². The van der Waals surface area contributed by atoms with Crippen LogP contribution in [0.1, 0.15) is 72.8 Å². The van der Waals surface area contributed by atoms with E-state index >= 15 is 0 Å². The number of aromatic nitrogens is 5. The zero-order chi connectivity index (χ0) is 23.7. The van der Waals surface area contributed by atoms with Gasteiger partial charge in [0.1, 0.15) is 6.04 Å². The van der Waals surface area contributed by atoms with Crippen LogP contribution in [-0.4, -0.2) is 36.6 Å². The molecule has 2 aromatic carbocycles. The Labute approximate surface area is 199 Å². The Morgan fingerprint density at radius 3 is 2.62 bits per heavy atom.